The molecule has 2 aromatic rings. The monoisotopic (exact) mass is 555 g/mol. The normalized spacial score (nSPS) is 23.6. The van der Waals surface area contributed by atoms with Gasteiger partial charge in [-0.1, -0.05) is 19.6 Å². The second kappa shape index (κ2) is 10.3. The van der Waals surface area contributed by atoms with Crippen molar-refractivity contribution in [1.82, 2.24) is 5.32 Å². The highest BCUT2D eigenvalue weighted by Gasteiger charge is 2.60. The van der Waals surface area contributed by atoms with Crippen LogP contribution in [0.25, 0.3) is 5.76 Å². The van der Waals surface area contributed by atoms with E-state index in [1.165, 1.54) is 0 Å². The van der Waals surface area contributed by atoms with E-state index in [4.69, 9.17) is 5.73 Å². The van der Waals surface area contributed by atoms with E-state index >= 15 is 0 Å². The van der Waals surface area contributed by atoms with Crippen LogP contribution < -0.4 is 16.4 Å². The van der Waals surface area contributed by atoms with Crippen molar-refractivity contribution in [2.24, 2.45) is 17.6 Å². The van der Waals surface area contributed by atoms with Gasteiger partial charge in [0, 0.05) is 52.2 Å². The van der Waals surface area contributed by atoms with E-state index in [2.05, 4.69) is 10.6 Å². The van der Waals surface area contributed by atoms with Crippen LogP contribution in [0.3, 0.4) is 0 Å². The van der Waals surface area contributed by atoms with Gasteiger partial charge in [0.1, 0.15) is 28.6 Å². The van der Waals surface area contributed by atoms with Crippen LogP contribution in [0.1, 0.15) is 45.4 Å². The molecule has 0 heterocycles. The van der Waals surface area contributed by atoms with Crippen molar-refractivity contribution in [3.8, 4) is 11.5 Å². The molecule has 11 nitrogen and oxygen atoms in total. The number of phenols is 2. The molecular weight excluding hydrogens is 518 g/mol. The number of hydrogen-bond donors (Lipinski definition) is 8. The van der Waals surface area contributed by atoms with Crippen LogP contribution in [0.15, 0.2) is 47.2 Å². The lowest BCUT2D eigenvalue weighted by Crippen LogP contribution is -2.58. The Morgan fingerprint density at radius 3 is 2.40 bits per heavy atom. The Kier molecular flexibility index (Phi) is 7.39. The molecule has 3 aliphatic rings. The van der Waals surface area contributed by atoms with Crippen molar-refractivity contribution in [1.29, 1.82) is 0 Å². The third-order valence-electron chi connectivity index (χ3n) is 7.99. The highest BCUT2D eigenvalue weighted by molar-refractivity contribution is 6.22. The van der Waals surface area contributed by atoms with Gasteiger partial charge >= 0.3 is 0 Å². The molecule has 1 amide bonds. The number of Topliss-reactive ketones (excluding diaryl/α,β-unsaturated/α-hetero) is 2. The summed E-state index contributed by atoms with van der Waals surface area (Å²) < 4.78 is 0. The van der Waals surface area contributed by atoms with E-state index in [9.17, 15) is 39.9 Å². The molecule has 0 saturated heterocycles. The Morgan fingerprint density at radius 2 is 1.77 bits per heavy atom. The van der Waals surface area contributed by atoms with Crippen molar-refractivity contribution in [3.05, 3.63) is 69.5 Å². The molecule has 0 bridgehead atoms. The largest absolute Gasteiger partial charge is 0.508 e. The summed E-state index contributed by atoms with van der Waals surface area (Å²) in [7, 11) is 1.69. The van der Waals surface area contributed by atoms with E-state index in [1.807, 2.05) is 0 Å². The number of aliphatic hydroxyl groups excluding tert-OH is 2. The number of amides is 1. The number of carbonyl (C=O) groups excluding carboxylic acids is 3. The fraction of sp³-hybridized carbons (Fsp3) is 0.345. The number of aromatic hydroxyl groups is 2. The molecule has 3 atom stereocenters. The zero-order valence-corrected chi connectivity index (χ0v) is 21.1. The molecule has 0 radical (unpaired) electrons. The van der Waals surface area contributed by atoms with E-state index in [1.54, 1.807) is 37.4 Å². The number of benzene rings is 2. The van der Waals surface area contributed by atoms with Crippen molar-refractivity contribution in [2.45, 2.75) is 45.4 Å². The first-order valence-electron chi connectivity index (χ1n) is 12.5. The summed E-state index contributed by atoms with van der Waals surface area (Å²) in [4.78, 5) is 38.0. The molecule has 3 aliphatic carbocycles. The number of ketones is 2. The minimum Gasteiger partial charge on any atom is -0.508 e. The highest BCUT2D eigenvalue weighted by atomic mass is 16.3. The molecule has 2 aromatic carbocycles. The lowest BCUT2D eigenvalue weighted by Gasteiger charge is -2.46. The van der Waals surface area contributed by atoms with E-state index in [0.29, 0.717) is 23.4 Å². The number of hydrogen-bond acceptors (Lipinski definition) is 10. The average Bonchev–Trinajstić information content (AvgIpc) is 2.88. The second-order valence-electron chi connectivity index (χ2n) is 10.2. The summed E-state index contributed by atoms with van der Waals surface area (Å²) in [5, 5.41) is 60.4. The van der Waals surface area contributed by atoms with Gasteiger partial charge in [0.25, 0.3) is 5.91 Å². The van der Waals surface area contributed by atoms with Crippen molar-refractivity contribution >= 4 is 28.9 Å². The number of phenolic OH excluding ortho intramolecular Hbond substituents is 2. The summed E-state index contributed by atoms with van der Waals surface area (Å²) in [5.74, 6) is -6.39. The topological polar surface area (TPSA) is 202 Å². The third-order valence-corrected chi connectivity index (χ3v) is 7.99. The quantitative estimate of drug-likeness (QED) is 0.193. The highest BCUT2D eigenvalue weighted by Crippen LogP contribution is 2.53. The second-order valence-corrected chi connectivity index (χ2v) is 10.2. The molecule has 1 fully saturated rings. The zero-order valence-electron chi connectivity index (χ0n) is 21.1. The van der Waals surface area contributed by atoms with Crippen LogP contribution in [0.5, 0.6) is 11.5 Å². The molecule has 5 rings (SSSR count). The smallest absolute Gasteiger partial charge is 0.255 e. The minimum absolute atomic E-state index is 0. The summed E-state index contributed by atoms with van der Waals surface area (Å²) in [6.07, 6.45) is -0.0696. The predicted octanol–water partition coefficient (Wildman–Crippen LogP) is 2.59. The first kappa shape index (κ1) is 28.7. The Bertz CT molecular complexity index is 1490. The third kappa shape index (κ3) is 4.27. The molecule has 0 spiro atoms. The average molecular weight is 556 g/mol. The van der Waals surface area contributed by atoms with Crippen LogP contribution in [0.2, 0.25) is 0 Å². The van der Waals surface area contributed by atoms with E-state index in [0.717, 1.165) is 5.56 Å². The van der Waals surface area contributed by atoms with Crippen molar-refractivity contribution < 1.29 is 42.8 Å². The number of fused-ring (bicyclic) bond motifs is 3. The maximum absolute atomic E-state index is 13.7. The number of nitrogens with two attached hydrogens (primary N) is 1. The van der Waals surface area contributed by atoms with Crippen LogP contribution in [0, 0.1) is 11.8 Å². The van der Waals surface area contributed by atoms with Gasteiger partial charge in [-0.3, -0.25) is 14.4 Å². The predicted molar refractivity (Wildman–Crippen MR) is 151 cm³/mol. The van der Waals surface area contributed by atoms with Gasteiger partial charge in [-0.25, -0.2) is 0 Å². The first-order chi connectivity index (χ1) is 18.5. The van der Waals surface area contributed by atoms with Crippen LogP contribution >= 0.6 is 0 Å². The number of anilines is 1. The lowest BCUT2D eigenvalue weighted by atomic mass is 9.59. The summed E-state index contributed by atoms with van der Waals surface area (Å²) >= 11 is 0. The molecule has 0 aliphatic heterocycles. The van der Waals surface area contributed by atoms with Crippen molar-refractivity contribution in [3.63, 3.8) is 0 Å². The molecule has 11 heteroatoms. The maximum Gasteiger partial charge on any atom is 0.255 e. The fourth-order valence-electron chi connectivity index (χ4n) is 6.06. The van der Waals surface area contributed by atoms with Gasteiger partial charge in [0.05, 0.1) is 5.56 Å². The fourth-order valence-corrected chi connectivity index (χ4v) is 6.06. The Labute approximate surface area is 233 Å². The zero-order chi connectivity index (χ0) is 28.2. The van der Waals surface area contributed by atoms with Gasteiger partial charge in [-0.2, -0.15) is 0 Å². The molecule has 40 heavy (non-hydrogen) atoms. The summed E-state index contributed by atoms with van der Waals surface area (Å²) in [6, 6.07) is 8.38. The van der Waals surface area contributed by atoms with E-state index < -0.39 is 52.0 Å². The van der Waals surface area contributed by atoms with E-state index in [-0.39, 0.29) is 58.7 Å². The van der Waals surface area contributed by atoms with Gasteiger partial charge in [0.2, 0.25) is 5.78 Å². The van der Waals surface area contributed by atoms with Gasteiger partial charge in [0.15, 0.2) is 11.4 Å². The molecule has 9 N–H and O–H groups in total. The Hall–Kier alpha value is -4.35. The molecular formula is C29H37N3O8. The van der Waals surface area contributed by atoms with Crippen LogP contribution in [-0.2, 0) is 33.9 Å². The van der Waals surface area contributed by atoms with Gasteiger partial charge < -0.3 is 41.9 Å². The Morgan fingerprint density at radius 1 is 1.10 bits per heavy atom. The van der Waals surface area contributed by atoms with Gasteiger partial charge in [-0.05, 0) is 48.1 Å². The number of aliphatic hydroxyl groups is 3. The SMILES string of the molecule is C.CNc1cc(CNCc2ccc(O)cc2)c(O)c2c1CC1CC3CC(=O)C(C(N)=O)=C(O)[C@@]3(O)C(=O)C1=C2O.[HH].[HH]. The van der Waals surface area contributed by atoms with Crippen LogP contribution in [0.4, 0.5) is 5.69 Å². The molecule has 216 valence electrons. The summed E-state index contributed by atoms with van der Waals surface area (Å²) in [6.45, 7) is 0.633. The summed E-state index contributed by atoms with van der Waals surface area (Å²) in [5.41, 5.74) is 4.20. The molecule has 0 aromatic heterocycles. The van der Waals surface area contributed by atoms with Crippen LogP contribution in [-0.4, -0.2) is 55.7 Å². The number of rotatable bonds is 6. The number of nitrogens with one attached hydrogen (secondary N) is 2. The minimum atomic E-state index is -2.60. The number of primary amides is 1. The maximum atomic E-state index is 13.7. The first-order valence-corrected chi connectivity index (χ1v) is 12.5. The van der Waals surface area contributed by atoms with Crippen molar-refractivity contribution in [2.75, 3.05) is 12.4 Å². The van der Waals surface area contributed by atoms with Gasteiger partial charge in [-0.15, -0.1) is 0 Å². The Balaban J connectivity index is 0.00000205. The standard InChI is InChI=1S/C28H29N3O8.CH4.2H2/c1-30-18-8-14(11-31-10-12-2-4-16(32)5-3-12)23(34)21-17(18)7-13-6-15-9-19(33)22(27(29)38)26(37)28(15,39)25(36)20(13)24(21)35;;;/h2-5,8,13,15,30-32,34-35,37,39H,6-7,9-11H2,1H3,(H2,29,38);1H4;2*1H/t13?,15?,28-;;;/m0.../s1. The molecule has 2 unspecified atom stereocenters. The lowest BCUT2D eigenvalue weighted by molar-refractivity contribution is -0.147. The number of carbonyl (C=O) groups is 3. The molecule has 1 saturated carbocycles.